The summed E-state index contributed by atoms with van der Waals surface area (Å²) in [4.78, 5) is 20.9. The first-order valence-corrected chi connectivity index (χ1v) is 9.61. The van der Waals surface area contributed by atoms with E-state index in [2.05, 4.69) is 56.5 Å². The van der Waals surface area contributed by atoms with Gasteiger partial charge in [0.05, 0.1) is 0 Å². The van der Waals surface area contributed by atoms with Crippen LogP contribution in [-0.4, -0.2) is 60.0 Å². The van der Waals surface area contributed by atoms with E-state index in [1.54, 1.807) is 12.4 Å². The molecule has 0 unspecified atom stereocenters. The van der Waals surface area contributed by atoms with Crippen molar-refractivity contribution < 1.29 is 4.79 Å². The van der Waals surface area contributed by atoms with Crippen molar-refractivity contribution in [2.75, 3.05) is 39.3 Å². The van der Waals surface area contributed by atoms with Gasteiger partial charge in [0.25, 0.3) is 0 Å². The molecule has 1 aromatic heterocycles. The van der Waals surface area contributed by atoms with Crippen LogP contribution in [0.2, 0.25) is 0 Å². The first kappa shape index (κ1) is 19.3. The van der Waals surface area contributed by atoms with Crippen molar-refractivity contribution in [3.63, 3.8) is 0 Å². The van der Waals surface area contributed by atoms with Crippen LogP contribution in [-0.2, 0) is 11.3 Å². The van der Waals surface area contributed by atoms with Crippen molar-refractivity contribution in [3.8, 4) is 0 Å². The molecule has 0 aliphatic carbocycles. The van der Waals surface area contributed by atoms with Crippen LogP contribution in [0.25, 0.3) is 6.08 Å². The Morgan fingerprint density at radius 1 is 1.04 bits per heavy atom. The Morgan fingerprint density at radius 3 is 2.56 bits per heavy atom. The number of piperazine rings is 1. The fourth-order valence-corrected chi connectivity index (χ4v) is 3.15. The molecule has 1 aromatic carbocycles. The number of hydrogen-bond acceptors (Lipinski definition) is 4. The topological polar surface area (TPSA) is 48.5 Å². The zero-order chi connectivity index (χ0) is 18.7. The van der Waals surface area contributed by atoms with Crippen LogP contribution in [0.3, 0.4) is 0 Å². The van der Waals surface area contributed by atoms with Crippen molar-refractivity contribution in [1.82, 2.24) is 20.1 Å². The zero-order valence-electron chi connectivity index (χ0n) is 15.8. The van der Waals surface area contributed by atoms with E-state index in [1.807, 2.05) is 18.2 Å². The molecule has 0 atom stereocenters. The number of nitrogens with zero attached hydrogens (tertiary/aromatic N) is 3. The van der Waals surface area contributed by atoms with Gasteiger partial charge in [-0.25, -0.2) is 0 Å². The number of benzene rings is 1. The molecule has 2 heterocycles. The van der Waals surface area contributed by atoms with Crippen LogP contribution in [0.5, 0.6) is 0 Å². The van der Waals surface area contributed by atoms with E-state index in [1.165, 1.54) is 5.56 Å². The maximum Gasteiger partial charge on any atom is 0.221 e. The van der Waals surface area contributed by atoms with Crippen LogP contribution in [0, 0.1) is 0 Å². The summed E-state index contributed by atoms with van der Waals surface area (Å²) < 4.78 is 0. The Morgan fingerprint density at radius 2 is 1.81 bits per heavy atom. The number of amides is 1. The highest BCUT2D eigenvalue weighted by Gasteiger charge is 2.16. The summed E-state index contributed by atoms with van der Waals surface area (Å²) in [5.41, 5.74) is 2.27. The lowest BCUT2D eigenvalue weighted by Gasteiger charge is -2.34. The number of pyridine rings is 1. The lowest BCUT2D eigenvalue weighted by atomic mass is 10.2. The molecular formula is C22H28N4O. The maximum absolute atomic E-state index is 12.0. The molecule has 1 aliphatic heterocycles. The van der Waals surface area contributed by atoms with E-state index in [0.29, 0.717) is 13.0 Å². The fraction of sp³-hybridized carbons (Fsp3) is 0.364. The highest BCUT2D eigenvalue weighted by atomic mass is 16.1. The average molecular weight is 364 g/mol. The zero-order valence-corrected chi connectivity index (χ0v) is 15.8. The molecule has 2 aromatic rings. The molecule has 1 amide bonds. The molecule has 0 saturated carbocycles. The van der Waals surface area contributed by atoms with E-state index in [0.717, 1.165) is 44.8 Å². The first-order chi connectivity index (χ1) is 13.3. The van der Waals surface area contributed by atoms with Gasteiger partial charge < -0.3 is 10.2 Å². The van der Waals surface area contributed by atoms with Crippen molar-refractivity contribution in [1.29, 1.82) is 0 Å². The van der Waals surface area contributed by atoms with Crippen molar-refractivity contribution in [2.45, 2.75) is 13.0 Å². The van der Waals surface area contributed by atoms with Crippen LogP contribution in [0.15, 0.2) is 60.9 Å². The van der Waals surface area contributed by atoms with Gasteiger partial charge in [-0.05, 0) is 17.2 Å². The molecule has 142 valence electrons. The molecule has 0 spiro atoms. The number of aromatic nitrogens is 1. The Balaban J connectivity index is 1.29. The number of carbonyl (C=O) groups excluding carboxylic acids is 1. The lowest BCUT2D eigenvalue weighted by molar-refractivity contribution is -0.121. The van der Waals surface area contributed by atoms with Gasteiger partial charge in [-0.2, -0.15) is 0 Å². The number of nitrogens with one attached hydrogen (secondary N) is 1. The molecule has 5 heteroatoms. The Labute approximate surface area is 161 Å². The van der Waals surface area contributed by atoms with Crippen LogP contribution in [0.4, 0.5) is 0 Å². The minimum Gasteiger partial charge on any atom is -0.352 e. The monoisotopic (exact) mass is 364 g/mol. The normalized spacial score (nSPS) is 15.9. The van der Waals surface area contributed by atoms with Gasteiger partial charge in [-0.3, -0.25) is 14.7 Å². The Bertz CT molecular complexity index is 710. The molecular weight excluding hydrogens is 336 g/mol. The van der Waals surface area contributed by atoms with Gasteiger partial charge in [0.15, 0.2) is 0 Å². The second kappa shape index (κ2) is 10.6. The predicted octanol–water partition coefficient (Wildman–Crippen LogP) is 2.42. The molecule has 3 rings (SSSR count). The van der Waals surface area contributed by atoms with E-state index >= 15 is 0 Å². The van der Waals surface area contributed by atoms with Gasteiger partial charge in [-0.15, -0.1) is 0 Å². The molecule has 0 radical (unpaired) electrons. The van der Waals surface area contributed by atoms with Crippen molar-refractivity contribution in [2.24, 2.45) is 0 Å². The predicted molar refractivity (Wildman–Crippen MR) is 109 cm³/mol. The average Bonchev–Trinajstić information content (AvgIpc) is 2.73. The smallest absolute Gasteiger partial charge is 0.221 e. The van der Waals surface area contributed by atoms with Crippen molar-refractivity contribution >= 4 is 12.0 Å². The molecule has 1 saturated heterocycles. The summed E-state index contributed by atoms with van der Waals surface area (Å²) in [7, 11) is 0. The third-order valence-corrected chi connectivity index (χ3v) is 4.81. The van der Waals surface area contributed by atoms with Gasteiger partial charge >= 0.3 is 0 Å². The second-order valence-corrected chi connectivity index (χ2v) is 6.84. The number of carbonyl (C=O) groups is 1. The minimum absolute atomic E-state index is 0.104. The molecule has 5 nitrogen and oxygen atoms in total. The summed E-state index contributed by atoms with van der Waals surface area (Å²) in [5.74, 6) is 0.104. The van der Waals surface area contributed by atoms with Gasteiger partial charge in [0.2, 0.25) is 5.91 Å². The van der Waals surface area contributed by atoms with Crippen LogP contribution >= 0.6 is 0 Å². The molecule has 1 fully saturated rings. The summed E-state index contributed by atoms with van der Waals surface area (Å²) in [6, 6.07) is 14.3. The van der Waals surface area contributed by atoms with E-state index in [9.17, 15) is 4.79 Å². The van der Waals surface area contributed by atoms with E-state index < -0.39 is 0 Å². The first-order valence-electron chi connectivity index (χ1n) is 9.61. The maximum atomic E-state index is 12.0. The summed E-state index contributed by atoms with van der Waals surface area (Å²) in [5, 5.41) is 2.97. The van der Waals surface area contributed by atoms with Crippen molar-refractivity contribution in [3.05, 3.63) is 72.1 Å². The number of hydrogen-bond donors (Lipinski definition) is 1. The lowest BCUT2D eigenvalue weighted by Crippen LogP contribution is -2.47. The summed E-state index contributed by atoms with van der Waals surface area (Å²) in [6.45, 7) is 6.51. The third kappa shape index (κ3) is 6.96. The Hall–Kier alpha value is -2.50. The van der Waals surface area contributed by atoms with Crippen LogP contribution in [0.1, 0.15) is 17.5 Å². The molecule has 0 bridgehead atoms. The highest BCUT2D eigenvalue weighted by Crippen LogP contribution is 2.05. The third-order valence-electron chi connectivity index (χ3n) is 4.81. The minimum atomic E-state index is 0.104. The Kier molecular flexibility index (Phi) is 7.56. The standard InChI is InChI=1S/C22H28N4O/c27-22(24-19-21-8-4-11-23-18-21)10-13-26-16-14-25(15-17-26)12-5-9-20-6-2-1-3-7-20/h1-9,11,18H,10,12-17,19H2,(H,24,27)/b9-5+. The highest BCUT2D eigenvalue weighted by molar-refractivity contribution is 5.76. The van der Waals surface area contributed by atoms with Gasteiger partial charge in [0.1, 0.15) is 0 Å². The van der Waals surface area contributed by atoms with E-state index in [4.69, 9.17) is 0 Å². The van der Waals surface area contributed by atoms with Crippen LogP contribution < -0.4 is 5.32 Å². The SMILES string of the molecule is O=C(CCN1CCN(C/C=C/c2ccccc2)CC1)NCc1cccnc1. The summed E-state index contributed by atoms with van der Waals surface area (Å²) in [6.07, 6.45) is 8.48. The molecule has 1 N–H and O–H groups in total. The number of rotatable bonds is 8. The summed E-state index contributed by atoms with van der Waals surface area (Å²) >= 11 is 0. The fourth-order valence-electron chi connectivity index (χ4n) is 3.15. The molecule has 27 heavy (non-hydrogen) atoms. The second-order valence-electron chi connectivity index (χ2n) is 6.84. The quantitative estimate of drug-likeness (QED) is 0.782. The molecule has 1 aliphatic rings. The van der Waals surface area contributed by atoms with Gasteiger partial charge in [0, 0.05) is 64.6 Å². The largest absolute Gasteiger partial charge is 0.352 e. The van der Waals surface area contributed by atoms with Gasteiger partial charge in [-0.1, -0.05) is 48.6 Å². The van der Waals surface area contributed by atoms with E-state index in [-0.39, 0.29) is 5.91 Å².